The van der Waals surface area contributed by atoms with Crippen molar-refractivity contribution in [2.45, 2.75) is 45.3 Å². The fourth-order valence-corrected chi connectivity index (χ4v) is 2.97. The summed E-state index contributed by atoms with van der Waals surface area (Å²) in [6.45, 7) is 4.36. The van der Waals surface area contributed by atoms with Crippen LogP contribution in [0.4, 0.5) is 0 Å². The number of H-pyrrole nitrogens is 1. The zero-order chi connectivity index (χ0) is 15.5. The number of carbonyl (C=O) groups is 1. The van der Waals surface area contributed by atoms with Crippen molar-refractivity contribution in [1.29, 1.82) is 0 Å². The Balaban J connectivity index is 1.51. The molecule has 5 nitrogen and oxygen atoms in total. The first-order chi connectivity index (χ1) is 10.6. The highest BCUT2D eigenvalue weighted by Gasteiger charge is 2.26. The minimum absolute atomic E-state index is 0.0304. The van der Waals surface area contributed by atoms with E-state index in [1.165, 1.54) is 10.9 Å². The third-order valence-corrected chi connectivity index (χ3v) is 4.37. The van der Waals surface area contributed by atoms with Gasteiger partial charge in [0.1, 0.15) is 0 Å². The van der Waals surface area contributed by atoms with Crippen LogP contribution in [0, 0.1) is 5.92 Å². The maximum atomic E-state index is 12.1. The summed E-state index contributed by atoms with van der Waals surface area (Å²) in [7, 11) is 0. The molecule has 1 amide bonds. The predicted molar refractivity (Wildman–Crippen MR) is 88.1 cm³/mol. The molecule has 3 rings (SSSR count). The molecule has 118 valence electrons. The predicted octanol–water partition coefficient (Wildman–Crippen LogP) is 2.07. The van der Waals surface area contributed by atoms with Gasteiger partial charge in [0.05, 0.1) is 6.17 Å². The van der Waals surface area contributed by atoms with Crippen molar-refractivity contribution in [1.82, 2.24) is 21.2 Å². The van der Waals surface area contributed by atoms with Crippen molar-refractivity contribution in [3.63, 3.8) is 0 Å². The SMILES string of the molecule is CC(C)C1CC(NC(=O)CCc2c[nH]c3ccccc23)NN1. The Morgan fingerprint density at radius 3 is 2.91 bits per heavy atom. The van der Waals surface area contributed by atoms with Gasteiger partial charge < -0.3 is 10.3 Å². The quantitative estimate of drug-likeness (QED) is 0.683. The van der Waals surface area contributed by atoms with E-state index >= 15 is 0 Å². The van der Waals surface area contributed by atoms with Crippen LogP contribution in [-0.4, -0.2) is 23.1 Å². The van der Waals surface area contributed by atoms with Crippen LogP contribution in [0.25, 0.3) is 10.9 Å². The number of hydrazine groups is 1. The first kappa shape index (κ1) is 15.1. The lowest BCUT2D eigenvalue weighted by Crippen LogP contribution is -2.44. The van der Waals surface area contributed by atoms with Gasteiger partial charge in [-0.3, -0.25) is 10.2 Å². The largest absolute Gasteiger partial charge is 0.361 e. The standard InChI is InChI=1S/C17H24N4O/c1-11(2)15-9-16(21-20-15)19-17(22)8-7-12-10-18-14-6-4-3-5-13(12)14/h3-6,10-11,15-16,18,20-21H,7-9H2,1-2H3,(H,19,22). The fourth-order valence-electron chi connectivity index (χ4n) is 2.97. The number of benzene rings is 1. The molecule has 1 aromatic heterocycles. The van der Waals surface area contributed by atoms with Crippen molar-refractivity contribution in [2.24, 2.45) is 5.92 Å². The highest BCUT2D eigenvalue weighted by Crippen LogP contribution is 2.19. The Hall–Kier alpha value is -1.85. The summed E-state index contributed by atoms with van der Waals surface area (Å²) in [6.07, 6.45) is 4.22. The van der Waals surface area contributed by atoms with Gasteiger partial charge in [-0.1, -0.05) is 32.0 Å². The number of rotatable bonds is 5. The molecule has 1 fully saturated rings. The summed E-state index contributed by atoms with van der Waals surface area (Å²) < 4.78 is 0. The van der Waals surface area contributed by atoms with Crippen LogP contribution >= 0.6 is 0 Å². The summed E-state index contributed by atoms with van der Waals surface area (Å²) >= 11 is 0. The van der Waals surface area contributed by atoms with Gasteiger partial charge >= 0.3 is 0 Å². The zero-order valence-corrected chi connectivity index (χ0v) is 13.1. The molecule has 0 bridgehead atoms. The number of para-hydroxylation sites is 1. The summed E-state index contributed by atoms with van der Waals surface area (Å²) in [5.41, 5.74) is 8.71. The number of aromatic amines is 1. The average Bonchev–Trinajstić information content (AvgIpc) is 3.12. The van der Waals surface area contributed by atoms with Crippen LogP contribution in [0.15, 0.2) is 30.5 Å². The van der Waals surface area contributed by atoms with Crippen molar-refractivity contribution in [2.75, 3.05) is 0 Å². The van der Waals surface area contributed by atoms with Gasteiger partial charge in [-0.05, 0) is 30.4 Å². The molecule has 1 aliphatic rings. The molecule has 0 saturated carbocycles. The Morgan fingerprint density at radius 1 is 1.32 bits per heavy atom. The van der Waals surface area contributed by atoms with Crippen molar-refractivity contribution >= 4 is 16.8 Å². The molecule has 5 heteroatoms. The van der Waals surface area contributed by atoms with Crippen LogP contribution in [0.2, 0.25) is 0 Å². The van der Waals surface area contributed by atoms with E-state index in [4.69, 9.17) is 0 Å². The van der Waals surface area contributed by atoms with Gasteiger partial charge in [-0.2, -0.15) is 0 Å². The molecule has 4 N–H and O–H groups in total. The van der Waals surface area contributed by atoms with Crippen molar-refractivity contribution in [3.05, 3.63) is 36.0 Å². The third-order valence-electron chi connectivity index (χ3n) is 4.37. The van der Waals surface area contributed by atoms with E-state index in [-0.39, 0.29) is 12.1 Å². The average molecular weight is 300 g/mol. The molecule has 2 unspecified atom stereocenters. The van der Waals surface area contributed by atoms with E-state index in [1.54, 1.807) is 0 Å². The molecule has 2 heterocycles. The van der Waals surface area contributed by atoms with Gasteiger partial charge in [0.2, 0.25) is 5.91 Å². The summed E-state index contributed by atoms with van der Waals surface area (Å²) in [5.74, 6) is 0.648. The van der Waals surface area contributed by atoms with Gasteiger partial charge in [-0.15, -0.1) is 0 Å². The van der Waals surface area contributed by atoms with Crippen LogP contribution in [0.5, 0.6) is 0 Å². The lowest BCUT2D eigenvalue weighted by Gasteiger charge is -2.13. The van der Waals surface area contributed by atoms with E-state index < -0.39 is 0 Å². The maximum absolute atomic E-state index is 12.1. The molecular formula is C17H24N4O. The molecule has 1 saturated heterocycles. The number of aryl methyl sites for hydroxylation is 1. The smallest absolute Gasteiger partial charge is 0.221 e. The molecule has 0 radical (unpaired) electrons. The Bertz CT molecular complexity index is 649. The third kappa shape index (κ3) is 3.31. The topological polar surface area (TPSA) is 69.0 Å². The molecule has 2 aromatic rings. The number of hydrogen-bond acceptors (Lipinski definition) is 3. The highest BCUT2D eigenvalue weighted by molar-refractivity contribution is 5.84. The van der Waals surface area contributed by atoms with Crippen LogP contribution in [-0.2, 0) is 11.2 Å². The lowest BCUT2D eigenvalue weighted by molar-refractivity contribution is -0.121. The molecule has 0 spiro atoms. The summed E-state index contributed by atoms with van der Waals surface area (Å²) in [6, 6.07) is 8.60. The summed E-state index contributed by atoms with van der Waals surface area (Å²) in [4.78, 5) is 15.4. The Morgan fingerprint density at radius 2 is 2.14 bits per heavy atom. The van der Waals surface area contributed by atoms with Gasteiger partial charge in [-0.25, -0.2) is 5.43 Å². The second kappa shape index (κ2) is 6.50. The summed E-state index contributed by atoms with van der Waals surface area (Å²) in [5, 5.41) is 4.26. The molecule has 22 heavy (non-hydrogen) atoms. The molecular weight excluding hydrogens is 276 g/mol. The second-order valence-electron chi connectivity index (χ2n) is 6.35. The van der Waals surface area contributed by atoms with Crippen molar-refractivity contribution in [3.8, 4) is 0 Å². The van der Waals surface area contributed by atoms with E-state index in [0.717, 1.165) is 18.4 Å². The maximum Gasteiger partial charge on any atom is 0.221 e. The monoisotopic (exact) mass is 300 g/mol. The number of carbonyl (C=O) groups excluding carboxylic acids is 1. The number of hydrogen-bond donors (Lipinski definition) is 4. The van der Waals surface area contributed by atoms with Crippen LogP contribution < -0.4 is 16.2 Å². The molecule has 1 aliphatic heterocycles. The molecule has 2 atom stereocenters. The normalized spacial score (nSPS) is 21.6. The number of aromatic nitrogens is 1. The van der Waals surface area contributed by atoms with E-state index in [9.17, 15) is 4.79 Å². The van der Waals surface area contributed by atoms with Gasteiger partial charge in [0.25, 0.3) is 0 Å². The van der Waals surface area contributed by atoms with E-state index in [2.05, 4.69) is 47.1 Å². The highest BCUT2D eigenvalue weighted by atomic mass is 16.1. The van der Waals surface area contributed by atoms with E-state index in [1.807, 2.05) is 18.3 Å². The van der Waals surface area contributed by atoms with Gasteiger partial charge in [0, 0.05) is 29.6 Å². The Labute approximate surface area is 130 Å². The minimum Gasteiger partial charge on any atom is -0.361 e. The number of amides is 1. The van der Waals surface area contributed by atoms with E-state index in [0.29, 0.717) is 18.4 Å². The number of nitrogens with one attached hydrogen (secondary N) is 4. The zero-order valence-electron chi connectivity index (χ0n) is 13.1. The molecule has 0 aliphatic carbocycles. The number of fused-ring (bicyclic) bond motifs is 1. The minimum atomic E-state index is 0.0304. The van der Waals surface area contributed by atoms with Crippen molar-refractivity contribution < 1.29 is 4.79 Å². The van der Waals surface area contributed by atoms with Gasteiger partial charge in [0.15, 0.2) is 0 Å². The Kier molecular flexibility index (Phi) is 4.45. The first-order valence-electron chi connectivity index (χ1n) is 7.99. The van der Waals surface area contributed by atoms with Crippen LogP contribution in [0.1, 0.15) is 32.3 Å². The fraction of sp³-hybridized carbons (Fsp3) is 0.471. The van der Waals surface area contributed by atoms with Crippen LogP contribution in [0.3, 0.4) is 0 Å². The first-order valence-corrected chi connectivity index (χ1v) is 7.99. The second-order valence-corrected chi connectivity index (χ2v) is 6.35. The lowest BCUT2D eigenvalue weighted by atomic mass is 10.0. The molecule has 1 aromatic carbocycles.